The molecule has 1 saturated heterocycles. The largest absolute Gasteiger partial charge is 0.379 e. The molecule has 1 aromatic rings. The van der Waals surface area contributed by atoms with Crippen molar-refractivity contribution in [1.29, 1.82) is 0 Å². The van der Waals surface area contributed by atoms with Gasteiger partial charge >= 0.3 is 0 Å². The molecule has 2 rings (SSSR count). The molecule has 1 heterocycles. The molecule has 3 N–H and O–H groups in total. The molecule has 1 aliphatic rings. The zero-order chi connectivity index (χ0) is 21.1. The Labute approximate surface area is 202 Å². The van der Waals surface area contributed by atoms with Crippen molar-refractivity contribution < 1.29 is 9.53 Å². The zero-order valence-corrected chi connectivity index (χ0v) is 21.2. The van der Waals surface area contributed by atoms with E-state index in [9.17, 15) is 4.79 Å². The summed E-state index contributed by atoms with van der Waals surface area (Å²) in [5.74, 6) is 1.18. The summed E-state index contributed by atoms with van der Waals surface area (Å²) in [6.45, 7) is 9.91. The molecular formula is C21H35ClIN5O2. The molecule has 0 aliphatic carbocycles. The third-order valence-electron chi connectivity index (χ3n) is 4.86. The number of nitrogens with one attached hydrogen (secondary N) is 3. The molecule has 1 fully saturated rings. The minimum Gasteiger partial charge on any atom is -0.379 e. The van der Waals surface area contributed by atoms with Gasteiger partial charge in [-0.05, 0) is 24.5 Å². The molecule has 0 bridgehead atoms. The Bertz CT molecular complexity index is 669. The summed E-state index contributed by atoms with van der Waals surface area (Å²) in [6, 6.07) is 7.47. The maximum Gasteiger partial charge on any atom is 0.252 e. The maximum absolute atomic E-state index is 12.2. The topological polar surface area (TPSA) is 78.0 Å². The number of rotatable bonds is 9. The molecule has 1 unspecified atom stereocenters. The number of carbonyl (C=O) groups excluding carboxylic acids is 1. The lowest BCUT2D eigenvalue weighted by atomic mass is 10.0. The highest BCUT2D eigenvalue weighted by Gasteiger charge is 2.22. The monoisotopic (exact) mass is 551 g/mol. The van der Waals surface area contributed by atoms with Crippen LogP contribution < -0.4 is 16.0 Å². The summed E-state index contributed by atoms with van der Waals surface area (Å²) < 4.78 is 5.48. The van der Waals surface area contributed by atoms with Crippen LogP contribution in [0.4, 0.5) is 0 Å². The van der Waals surface area contributed by atoms with Gasteiger partial charge in [0.1, 0.15) is 0 Å². The lowest BCUT2D eigenvalue weighted by Crippen LogP contribution is -2.51. The smallest absolute Gasteiger partial charge is 0.252 e. The summed E-state index contributed by atoms with van der Waals surface area (Å²) in [6.07, 6.45) is 1.12. The van der Waals surface area contributed by atoms with Gasteiger partial charge in [0.05, 0.1) is 23.8 Å². The molecule has 0 aromatic heterocycles. The van der Waals surface area contributed by atoms with Crippen LogP contribution in [0.25, 0.3) is 0 Å². The average molecular weight is 552 g/mol. The van der Waals surface area contributed by atoms with Gasteiger partial charge in [-0.15, -0.1) is 24.0 Å². The fourth-order valence-electron chi connectivity index (χ4n) is 3.38. The first kappa shape index (κ1) is 26.9. The van der Waals surface area contributed by atoms with E-state index in [0.29, 0.717) is 35.6 Å². The lowest BCUT2D eigenvalue weighted by Gasteiger charge is -2.35. The third-order valence-corrected chi connectivity index (χ3v) is 5.19. The van der Waals surface area contributed by atoms with E-state index in [2.05, 4.69) is 39.7 Å². The van der Waals surface area contributed by atoms with Crippen molar-refractivity contribution in [3.63, 3.8) is 0 Å². The second-order valence-corrected chi connectivity index (χ2v) is 7.95. The summed E-state index contributed by atoms with van der Waals surface area (Å²) in [5, 5.41) is 10.00. The number of ether oxygens (including phenoxy) is 1. The Morgan fingerprint density at radius 2 is 1.83 bits per heavy atom. The Hall–Kier alpha value is -1.10. The van der Waals surface area contributed by atoms with Crippen molar-refractivity contribution in [2.45, 2.75) is 26.3 Å². The van der Waals surface area contributed by atoms with Gasteiger partial charge in [0.2, 0.25) is 0 Å². The standard InChI is InChI=1S/C21H34ClN5O2.HI/c1-16(2)14-17(27-10-12-29-13-11-27)15-26-21(23-3)25-9-8-24-20(28)18-6-4-5-7-19(18)22;/h4-7,16-17H,8-15H2,1-3H3,(H,24,28)(H2,23,25,26);1H. The Morgan fingerprint density at radius 1 is 1.17 bits per heavy atom. The van der Waals surface area contributed by atoms with Gasteiger partial charge in [-0.3, -0.25) is 14.7 Å². The molecule has 7 nitrogen and oxygen atoms in total. The van der Waals surface area contributed by atoms with Crippen LogP contribution in [0.2, 0.25) is 5.02 Å². The van der Waals surface area contributed by atoms with Crippen LogP contribution in [0.15, 0.2) is 29.3 Å². The molecule has 0 saturated carbocycles. The molecule has 0 radical (unpaired) electrons. The van der Waals surface area contributed by atoms with Crippen molar-refractivity contribution in [1.82, 2.24) is 20.9 Å². The van der Waals surface area contributed by atoms with Gasteiger partial charge in [0.25, 0.3) is 5.91 Å². The van der Waals surface area contributed by atoms with E-state index in [4.69, 9.17) is 16.3 Å². The Morgan fingerprint density at radius 3 is 2.47 bits per heavy atom. The highest BCUT2D eigenvalue weighted by atomic mass is 127. The van der Waals surface area contributed by atoms with Crippen molar-refractivity contribution in [3.05, 3.63) is 34.9 Å². The van der Waals surface area contributed by atoms with Gasteiger partial charge in [0.15, 0.2) is 5.96 Å². The van der Waals surface area contributed by atoms with E-state index in [-0.39, 0.29) is 29.9 Å². The quantitative estimate of drug-likeness (QED) is 0.190. The van der Waals surface area contributed by atoms with Crippen LogP contribution in [0.1, 0.15) is 30.6 Å². The Balaban J connectivity index is 0.00000450. The number of hydrogen-bond donors (Lipinski definition) is 3. The summed E-state index contributed by atoms with van der Waals surface area (Å²) in [7, 11) is 1.75. The minimum absolute atomic E-state index is 0. The fraction of sp³-hybridized carbons (Fsp3) is 0.619. The van der Waals surface area contributed by atoms with E-state index in [1.54, 1.807) is 31.3 Å². The molecule has 1 aliphatic heterocycles. The normalized spacial score (nSPS) is 16.0. The van der Waals surface area contributed by atoms with E-state index < -0.39 is 0 Å². The molecule has 1 aromatic carbocycles. The van der Waals surface area contributed by atoms with E-state index in [1.807, 2.05) is 0 Å². The third kappa shape index (κ3) is 9.36. The molecule has 170 valence electrons. The van der Waals surface area contributed by atoms with Crippen molar-refractivity contribution in [3.8, 4) is 0 Å². The van der Waals surface area contributed by atoms with E-state index in [0.717, 1.165) is 45.2 Å². The van der Waals surface area contributed by atoms with E-state index >= 15 is 0 Å². The molecule has 1 atom stereocenters. The number of nitrogens with zero attached hydrogens (tertiary/aromatic N) is 2. The van der Waals surface area contributed by atoms with Crippen LogP contribution in [-0.2, 0) is 4.74 Å². The van der Waals surface area contributed by atoms with Crippen LogP contribution in [0.3, 0.4) is 0 Å². The summed E-state index contributed by atoms with van der Waals surface area (Å²) >= 11 is 6.06. The number of morpholine rings is 1. The second kappa shape index (κ2) is 14.8. The van der Waals surface area contributed by atoms with E-state index in [1.165, 1.54) is 0 Å². The van der Waals surface area contributed by atoms with Crippen molar-refractivity contribution >= 4 is 47.4 Å². The number of halogens is 2. The maximum atomic E-state index is 12.2. The first-order valence-electron chi connectivity index (χ1n) is 10.3. The number of amides is 1. The number of guanidine groups is 1. The summed E-state index contributed by atoms with van der Waals surface area (Å²) in [5.41, 5.74) is 0.485. The van der Waals surface area contributed by atoms with Crippen LogP contribution >= 0.6 is 35.6 Å². The van der Waals surface area contributed by atoms with Crippen LogP contribution in [0, 0.1) is 5.92 Å². The first-order chi connectivity index (χ1) is 14.0. The van der Waals surface area contributed by atoms with Gasteiger partial charge in [0, 0.05) is 45.8 Å². The molecular weight excluding hydrogens is 517 g/mol. The number of benzene rings is 1. The molecule has 9 heteroatoms. The minimum atomic E-state index is -0.176. The van der Waals surface area contributed by atoms with Gasteiger partial charge in [-0.1, -0.05) is 37.6 Å². The Kier molecular flexibility index (Phi) is 13.3. The number of carbonyl (C=O) groups is 1. The highest BCUT2D eigenvalue weighted by molar-refractivity contribution is 14.0. The van der Waals surface area contributed by atoms with Gasteiger partial charge in [-0.25, -0.2) is 0 Å². The SMILES string of the molecule is CN=C(NCCNC(=O)c1ccccc1Cl)NCC(CC(C)C)N1CCOCC1.I. The fourth-order valence-corrected chi connectivity index (χ4v) is 3.60. The first-order valence-corrected chi connectivity index (χ1v) is 10.7. The molecule has 30 heavy (non-hydrogen) atoms. The summed E-state index contributed by atoms with van der Waals surface area (Å²) in [4.78, 5) is 19.0. The molecule has 0 spiro atoms. The predicted octanol–water partition coefficient (Wildman–Crippen LogP) is 2.60. The number of aliphatic imine (C=N–C) groups is 1. The second-order valence-electron chi connectivity index (χ2n) is 7.55. The zero-order valence-electron chi connectivity index (χ0n) is 18.1. The predicted molar refractivity (Wildman–Crippen MR) is 134 cm³/mol. The highest BCUT2D eigenvalue weighted by Crippen LogP contribution is 2.14. The van der Waals surface area contributed by atoms with Crippen molar-refractivity contribution in [2.24, 2.45) is 10.9 Å². The molecule has 1 amide bonds. The number of hydrogen-bond acceptors (Lipinski definition) is 4. The van der Waals surface area contributed by atoms with Crippen molar-refractivity contribution in [2.75, 3.05) is 53.0 Å². The van der Waals surface area contributed by atoms with Crippen LogP contribution in [-0.4, -0.2) is 75.8 Å². The van der Waals surface area contributed by atoms with Crippen LogP contribution in [0.5, 0.6) is 0 Å². The lowest BCUT2D eigenvalue weighted by molar-refractivity contribution is 0.0132. The van der Waals surface area contributed by atoms with Gasteiger partial charge in [-0.2, -0.15) is 0 Å². The van der Waals surface area contributed by atoms with Gasteiger partial charge < -0.3 is 20.7 Å². The average Bonchev–Trinajstić information content (AvgIpc) is 2.72.